The first-order valence-corrected chi connectivity index (χ1v) is 17.0. The average Bonchev–Trinajstić information content (AvgIpc) is 3.79. The fourth-order valence-electron chi connectivity index (χ4n) is 7.61. The van der Waals surface area contributed by atoms with Gasteiger partial charge in [-0.05, 0) is 54.7 Å². The van der Waals surface area contributed by atoms with Crippen molar-refractivity contribution in [1.29, 1.82) is 0 Å². The third-order valence-electron chi connectivity index (χ3n) is 10.3. The Morgan fingerprint density at radius 2 is 1.88 bits per heavy atom. The molecule has 1 N–H and O–H groups in total. The number of oxime groups is 1. The Labute approximate surface area is 282 Å². The number of nitrogens with one attached hydrogen (secondary N) is 1. The normalized spacial score (nSPS) is 21.7. The molecule has 4 aliphatic rings. The van der Waals surface area contributed by atoms with Crippen LogP contribution in [0, 0.1) is 28.3 Å². The largest absolute Gasteiger partial charge is 0.463 e. The molecule has 2 aromatic heterocycles. The second kappa shape index (κ2) is 12.7. The van der Waals surface area contributed by atoms with Gasteiger partial charge in [0.15, 0.2) is 5.82 Å². The Hall–Kier alpha value is -4.11. The van der Waals surface area contributed by atoms with Crippen molar-refractivity contribution >= 4 is 44.8 Å². The van der Waals surface area contributed by atoms with Gasteiger partial charge in [0.2, 0.25) is 0 Å². The number of hydrogen-bond acceptors (Lipinski definition) is 9. The van der Waals surface area contributed by atoms with E-state index in [4.69, 9.17) is 26.2 Å². The van der Waals surface area contributed by atoms with E-state index in [-0.39, 0.29) is 28.2 Å². The zero-order valence-corrected chi connectivity index (χ0v) is 27.5. The van der Waals surface area contributed by atoms with Crippen LogP contribution in [-0.2, 0) is 4.84 Å². The molecule has 48 heavy (non-hydrogen) atoms. The lowest BCUT2D eigenvalue weighted by atomic mass is 9.96. The van der Waals surface area contributed by atoms with E-state index in [0.29, 0.717) is 46.2 Å². The van der Waals surface area contributed by atoms with Crippen molar-refractivity contribution in [2.45, 2.75) is 50.6 Å². The molecule has 2 bridgehead atoms. The van der Waals surface area contributed by atoms with Crippen LogP contribution in [-0.4, -0.2) is 84.1 Å². The molecule has 0 amide bonds. The van der Waals surface area contributed by atoms with Gasteiger partial charge in [0, 0.05) is 85.6 Å². The van der Waals surface area contributed by atoms with Crippen LogP contribution in [0.25, 0.3) is 32.9 Å². The van der Waals surface area contributed by atoms with Crippen molar-refractivity contribution < 1.29 is 18.4 Å². The van der Waals surface area contributed by atoms with E-state index >= 15 is 4.39 Å². The fourth-order valence-corrected chi connectivity index (χ4v) is 7.71. The van der Waals surface area contributed by atoms with E-state index in [2.05, 4.69) is 41.5 Å². The number of piperazine rings is 1. The molecule has 0 radical (unpaired) electrons. The molecule has 2 unspecified atom stereocenters. The minimum absolute atomic E-state index is 0.0113. The fraction of sp³-hybridized carbons (Fsp3) is 0.444. The smallest absolute Gasteiger partial charge is 0.319 e. The molecular formula is C36H36ClF2N7O2. The lowest BCUT2D eigenvalue weighted by Gasteiger charge is -2.34. The molecule has 1 saturated carbocycles. The van der Waals surface area contributed by atoms with Crippen molar-refractivity contribution in [1.82, 2.24) is 25.2 Å². The van der Waals surface area contributed by atoms with E-state index in [9.17, 15) is 4.39 Å². The lowest BCUT2D eigenvalue weighted by molar-refractivity contribution is 0.151. The number of aromatic nitrogens is 3. The zero-order valence-electron chi connectivity index (χ0n) is 26.7. The maximum atomic E-state index is 16.9. The van der Waals surface area contributed by atoms with E-state index in [1.807, 2.05) is 6.07 Å². The number of fused-ring (bicyclic) bond motifs is 4. The van der Waals surface area contributed by atoms with Crippen LogP contribution in [0.4, 0.5) is 14.6 Å². The van der Waals surface area contributed by atoms with Gasteiger partial charge >= 0.3 is 6.01 Å². The van der Waals surface area contributed by atoms with Gasteiger partial charge in [-0.15, -0.1) is 0 Å². The van der Waals surface area contributed by atoms with Crippen molar-refractivity contribution in [3.8, 4) is 28.6 Å². The Balaban J connectivity index is 1.16. The third kappa shape index (κ3) is 5.91. The van der Waals surface area contributed by atoms with E-state index in [1.165, 1.54) is 6.07 Å². The van der Waals surface area contributed by atoms with Crippen molar-refractivity contribution in [2.24, 2.45) is 10.6 Å². The third-order valence-corrected chi connectivity index (χ3v) is 10.4. The predicted octanol–water partition coefficient (Wildman–Crippen LogP) is 5.87. The molecule has 3 aliphatic heterocycles. The standard InChI is InChI=1S/C36H36ClF2N7O2/c1-47-44-23-10-15-45(16-11-23)20-36(12-13-36)21-48-35-42-33-28(34(43-35)46-18-24-6-7-25(19-46)41-24)17-40-32(31(33)39)27-4-2-3-22-5-8-29(38)26(9-14-37)30(22)27/h2-5,8,17,24-25,41H,6-7,10-13,15-16,18-21H2,1H3. The highest BCUT2D eigenvalue weighted by Crippen LogP contribution is 2.47. The van der Waals surface area contributed by atoms with Crippen molar-refractivity contribution in [2.75, 3.05) is 51.3 Å². The molecule has 2 atom stereocenters. The summed E-state index contributed by atoms with van der Waals surface area (Å²) in [5.74, 6) is 2.11. The summed E-state index contributed by atoms with van der Waals surface area (Å²) in [5.41, 5.74) is 1.77. The summed E-state index contributed by atoms with van der Waals surface area (Å²) in [6.45, 7) is 4.74. The van der Waals surface area contributed by atoms with Gasteiger partial charge < -0.3 is 24.7 Å². The topological polar surface area (TPSA) is 88.0 Å². The number of piperidine rings is 1. The summed E-state index contributed by atoms with van der Waals surface area (Å²) >= 11 is 5.72. The predicted molar refractivity (Wildman–Crippen MR) is 182 cm³/mol. The monoisotopic (exact) mass is 671 g/mol. The first-order chi connectivity index (χ1) is 23.4. The quantitative estimate of drug-likeness (QED) is 0.184. The van der Waals surface area contributed by atoms with Crippen LogP contribution in [0.5, 0.6) is 6.01 Å². The Morgan fingerprint density at radius 1 is 1.08 bits per heavy atom. The number of anilines is 1. The molecule has 248 valence electrons. The van der Waals surface area contributed by atoms with Gasteiger partial charge in [-0.3, -0.25) is 4.98 Å². The minimum atomic E-state index is -0.622. The van der Waals surface area contributed by atoms with Crippen LogP contribution in [0.2, 0.25) is 0 Å². The Kier molecular flexibility index (Phi) is 8.27. The van der Waals surface area contributed by atoms with E-state index in [1.54, 1.807) is 31.5 Å². The van der Waals surface area contributed by atoms with Crippen molar-refractivity contribution in [3.05, 3.63) is 53.7 Å². The van der Waals surface area contributed by atoms with Gasteiger partial charge in [0.25, 0.3) is 0 Å². The van der Waals surface area contributed by atoms with Gasteiger partial charge in [0.05, 0.1) is 23.3 Å². The van der Waals surface area contributed by atoms with Gasteiger partial charge in [0.1, 0.15) is 30.0 Å². The Morgan fingerprint density at radius 3 is 2.60 bits per heavy atom. The number of hydrogen-bond donors (Lipinski definition) is 1. The number of nitrogens with zero attached hydrogens (tertiary/aromatic N) is 6. The zero-order chi connectivity index (χ0) is 32.8. The summed E-state index contributed by atoms with van der Waals surface area (Å²) in [5, 5.41) is 11.7. The number of likely N-dealkylation sites (tertiary alicyclic amines) is 1. The number of pyridine rings is 1. The SMILES string of the molecule is CON=C1CCN(CC2(COc3nc(N4CC5CCC(C4)N5)c4cnc(-c5cccc6ccc(F)c(C#CCl)c56)c(F)c4n3)CC2)CC1. The number of benzene rings is 2. The molecule has 4 fully saturated rings. The Bertz CT molecular complexity index is 1970. The maximum absolute atomic E-state index is 16.9. The number of halogens is 3. The summed E-state index contributed by atoms with van der Waals surface area (Å²) in [7, 11) is 1.59. The second-order valence-corrected chi connectivity index (χ2v) is 13.7. The molecule has 5 heterocycles. The minimum Gasteiger partial charge on any atom is -0.463 e. The number of rotatable bonds is 8. The van der Waals surface area contributed by atoms with Crippen LogP contribution >= 0.6 is 11.6 Å². The molecule has 4 aromatic rings. The molecule has 8 rings (SSSR count). The van der Waals surface area contributed by atoms with Crippen LogP contribution in [0.15, 0.2) is 41.7 Å². The van der Waals surface area contributed by atoms with Gasteiger partial charge in [-0.1, -0.05) is 29.4 Å². The molecule has 9 nitrogen and oxygen atoms in total. The van der Waals surface area contributed by atoms with Crippen LogP contribution in [0.3, 0.4) is 0 Å². The van der Waals surface area contributed by atoms with E-state index in [0.717, 1.165) is 77.0 Å². The van der Waals surface area contributed by atoms with Crippen LogP contribution < -0.4 is 15.0 Å². The average molecular weight is 672 g/mol. The maximum Gasteiger partial charge on any atom is 0.319 e. The summed E-state index contributed by atoms with van der Waals surface area (Å²) in [6, 6.07) is 9.14. The van der Waals surface area contributed by atoms with Crippen molar-refractivity contribution in [3.63, 3.8) is 0 Å². The summed E-state index contributed by atoms with van der Waals surface area (Å²) in [4.78, 5) is 23.8. The molecule has 2 aromatic carbocycles. The highest BCUT2D eigenvalue weighted by Gasteiger charge is 2.45. The van der Waals surface area contributed by atoms with E-state index < -0.39 is 11.6 Å². The molecule has 0 spiro atoms. The number of ether oxygens (including phenoxy) is 1. The first kappa shape index (κ1) is 31.2. The highest BCUT2D eigenvalue weighted by molar-refractivity contribution is 6.30. The second-order valence-electron chi connectivity index (χ2n) is 13.5. The van der Waals surface area contributed by atoms with Gasteiger partial charge in [-0.2, -0.15) is 9.97 Å². The molecule has 12 heteroatoms. The molecule has 3 saturated heterocycles. The summed E-state index contributed by atoms with van der Waals surface area (Å²) < 4.78 is 38.2. The lowest BCUT2D eigenvalue weighted by Crippen LogP contribution is -2.51. The van der Waals surface area contributed by atoms with Crippen LogP contribution in [0.1, 0.15) is 44.1 Å². The summed E-state index contributed by atoms with van der Waals surface area (Å²) in [6.07, 6.45) is 7.71. The van der Waals surface area contributed by atoms with Gasteiger partial charge in [-0.25, -0.2) is 8.78 Å². The highest BCUT2D eigenvalue weighted by atomic mass is 35.5. The molecular weight excluding hydrogens is 636 g/mol. The first-order valence-electron chi connectivity index (χ1n) is 16.6. The molecule has 1 aliphatic carbocycles.